The Labute approximate surface area is 219 Å². The van der Waals surface area contributed by atoms with E-state index in [0.29, 0.717) is 39.9 Å². The molecule has 1 unspecified atom stereocenters. The zero-order chi connectivity index (χ0) is 25.2. The lowest BCUT2D eigenvalue weighted by Gasteiger charge is -2.47. The Balaban J connectivity index is 1.20. The minimum atomic E-state index is -0.329. The number of nitrogens with zero attached hydrogens (tertiary/aromatic N) is 6. The van der Waals surface area contributed by atoms with Gasteiger partial charge in [0.15, 0.2) is 0 Å². The molecule has 0 spiro atoms. The van der Waals surface area contributed by atoms with Crippen LogP contribution in [-0.2, 0) is 6.54 Å². The molecule has 3 aromatic rings. The van der Waals surface area contributed by atoms with Crippen molar-refractivity contribution in [3.8, 4) is 5.69 Å². The maximum absolute atomic E-state index is 14.2. The SMILES string of the molecule is CCC1CN(c2ncc(-n3cn[nH]c3=O)cc2Cl)CCN1C1CCN(Cc2ccc(Cl)cc2F)CC1. The predicted molar refractivity (Wildman–Crippen MR) is 140 cm³/mol. The molecule has 1 N–H and O–H groups in total. The molecule has 1 aromatic carbocycles. The quantitative estimate of drug-likeness (QED) is 0.516. The van der Waals surface area contributed by atoms with Crippen LogP contribution in [0.4, 0.5) is 10.2 Å². The molecule has 11 heteroatoms. The number of piperidine rings is 1. The molecule has 4 heterocycles. The summed E-state index contributed by atoms with van der Waals surface area (Å²) in [7, 11) is 0. The molecule has 0 saturated carbocycles. The van der Waals surface area contributed by atoms with E-state index in [1.165, 1.54) is 17.0 Å². The van der Waals surface area contributed by atoms with Gasteiger partial charge in [-0.05, 0) is 50.6 Å². The summed E-state index contributed by atoms with van der Waals surface area (Å²) in [5.74, 6) is 0.513. The van der Waals surface area contributed by atoms with Crippen molar-refractivity contribution in [1.82, 2.24) is 29.5 Å². The second kappa shape index (κ2) is 10.9. The second-order valence-electron chi connectivity index (χ2n) is 9.52. The highest BCUT2D eigenvalue weighted by Crippen LogP contribution is 2.30. The third-order valence-corrected chi connectivity index (χ3v) is 7.89. The van der Waals surface area contributed by atoms with E-state index in [0.717, 1.165) is 57.8 Å². The van der Waals surface area contributed by atoms with Gasteiger partial charge in [-0.2, -0.15) is 5.10 Å². The van der Waals surface area contributed by atoms with Gasteiger partial charge in [0.25, 0.3) is 0 Å². The van der Waals surface area contributed by atoms with Crippen LogP contribution in [0, 0.1) is 5.82 Å². The van der Waals surface area contributed by atoms with Crippen molar-refractivity contribution in [3.63, 3.8) is 0 Å². The zero-order valence-corrected chi connectivity index (χ0v) is 21.7. The second-order valence-corrected chi connectivity index (χ2v) is 10.4. The molecule has 8 nitrogen and oxygen atoms in total. The molecule has 0 amide bonds. The minimum Gasteiger partial charge on any atom is -0.353 e. The molecule has 0 bridgehead atoms. The standard InChI is InChI=1S/C25H30Cl2FN7O/c1-2-19-15-33(24-22(27)12-21(13-29-24)35-16-30-31-25(35)36)9-10-34(19)20-5-7-32(8-6-20)14-17-3-4-18(26)11-23(17)28/h3-4,11-13,16,19-20H,2,5-10,14-15H2,1H3,(H,31,36). The van der Waals surface area contributed by atoms with Crippen molar-refractivity contribution in [3.05, 3.63) is 68.7 Å². The molecule has 2 aliphatic rings. The predicted octanol–water partition coefficient (Wildman–Crippen LogP) is 3.97. The van der Waals surface area contributed by atoms with Gasteiger partial charge in [0, 0.05) is 48.8 Å². The monoisotopic (exact) mass is 533 g/mol. The summed E-state index contributed by atoms with van der Waals surface area (Å²) in [5.41, 5.74) is 0.953. The fourth-order valence-electron chi connectivity index (χ4n) is 5.42. The Kier molecular flexibility index (Phi) is 7.62. The van der Waals surface area contributed by atoms with Gasteiger partial charge < -0.3 is 4.90 Å². The van der Waals surface area contributed by atoms with Crippen LogP contribution in [0.3, 0.4) is 0 Å². The van der Waals surface area contributed by atoms with Crippen LogP contribution in [0.1, 0.15) is 31.7 Å². The van der Waals surface area contributed by atoms with E-state index in [1.54, 1.807) is 24.4 Å². The summed E-state index contributed by atoms with van der Waals surface area (Å²) >= 11 is 12.5. The van der Waals surface area contributed by atoms with Crippen molar-refractivity contribution in [2.45, 2.75) is 44.8 Å². The summed E-state index contributed by atoms with van der Waals surface area (Å²) in [6, 6.07) is 7.61. The van der Waals surface area contributed by atoms with Crippen molar-refractivity contribution < 1.29 is 4.39 Å². The number of nitrogens with one attached hydrogen (secondary N) is 1. The Morgan fingerprint density at radius 3 is 2.61 bits per heavy atom. The first-order chi connectivity index (χ1) is 17.4. The van der Waals surface area contributed by atoms with Gasteiger partial charge in [-0.3, -0.25) is 9.80 Å². The highest BCUT2D eigenvalue weighted by molar-refractivity contribution is 6.33. The fraction of sp³-hybridized carbons (Fsp3) is 0.480. The number of hydrogen-bond donors (Lipinski definition) is 1. The number of rotatable bonds is 6. The molecule has 192 valence electrons. The summed E-state index contributed by atoms with van der Waals surface area (Å²) < 4.78 is 15.6. The number of hydrogen-bond acceptors (Lipinski definition) is 6. The van der Waals surface area contributed by atoms with Gasteiger partial charge in [-0.1, -0.05) is 36.2 Å². The van der Waals surface area contributed by atoms with Crippen LogP contribution in [0.25, 0.3) is 5.69 Å². The fourth-order valence-corrected chi connectivity index (χ4v) is 5.86. The van der Waals surface area contributed by atoms with E-state index in [2.05, 4.69) is 36.8 Å². The van der Waals surface area contributed by atoms with Crippen LogP contribution in [0.5, 0.6) is 0 Å². The number of piperazine rings is 1. The van der Waals surface area contributed by atoms with Crippen LogP contribution in [0.2, 0.25) is 10.0 Å². The van der Waals surface area contributed by atoms with Crippen LogP contribution in [-0.4, -0.2) is 74.4 Å². The molecular formula is C25H30Cl2FN7O. The average molecular weight is 534 g/mol. The number of benzene rings is 1. The number of pyridine rings is 1. The molecule has 2 saturated heterocycles. The van der Waals surface area contributed by atoms with Gasteiger partial charge in [0.1, 0.15) is 18.0 Å². The normalized spacial score (nSPS) is 20.2. The summed E-state index contributed by atoms with van der Waals surface area (Å²) in [6.07, 6.45) is 6.24. The number of aromatic amines is 1. The van der Waals surface area contributed by atoms with Crippen LogP contribution in [0.15, 0.2) is 41.6 Å². The number of halogens is 3. The first kappa shape index (κ1) is 25.2. The lowest BCUT2D eigenvalue weighted by Crippen LogP contribution is -2.58. The van der Waals surface area contributed by atoms with E-state index in [4.69, 9.17) is 23.2 Å². The van der Waals surface area contributed by atoms with Crippen molar-refractivity contribution in [2.75, 3.05) is 37.6 Å². The topological polar surface area (TPSA) is 73.3 Å². The van der Waals surface area contributed by atoms with E-state index >= 15 is 0 Å². The van der Waals surface area contributed by atoms with E-state index in [9.17, 15) is 9.18 Å². The van der Waals surface area contributed by atoms with Crippen LogP contribution < -0.4 is 10.6 Å². The highest BCUT2D eigenvalue weighted by atomic mass is 35.5. The molecule has 2 fully saturated rings. The van der Waals surface area contributed by atoms with E-state index < -0.39 is 0 Å². The van der Waals surface area contributed by atoms with Crippen LogP contribution >= 0.6 is 23.2 Å². The van der Waals surface area contributed by atoms with Gasteiger partial charge in [0.2, 0.25) is 0 Å². The first-order valence-corrected chi connectivity index (χ1v) is 13.1. The van der Waals surface area contributed by atoms with Crippen molar-refractivity contribution in [1.29, 1.82) is 0 Å². The zero-order valence-electron chi connectivity index (χ0n) is 20.2. The first-order valence-electron chi connectivity index (χ1n) is 12.4. The molecule has 5 rings (SSSR count). The van der Waals surface area contributed by atoms with Crippen molar-refractivity contribution in [2.24, 2.45) is 0 Å². The Hall–Kier alpha value is -2.46. The number of likely N-dealkylation sites (tertiary alicyclic amines) is 1. The minimum absolute atomic E-state index is 0.232. The number of H-pyrrole nitrogens is 1. The number of anilines is 1. The highest BCUT2D eigenvalue weighted by Gasteiger charge is 2.34. The smallest absolute Gasteiger partial charge is 0.347 e. The third kappa shape index (κ3) is 5.29. The lowest BCUT2D eigenvalue weighted by atomic mass is 9.97. The van der Waals surface area contributed by atoms with Crippen molar-refractivity contribution >= 4 is 29.0 Å². The molecule has 0 radical (unpaired) electrons. The lowest BCUT2D eigenvalue weighted by molar-refractivity contribution is 0.0607. The Morgan fingerprint density at radius 1 is 1.14 bits per heavy atom. The number of aromatic nitrogens is 4. The summed E-state index contributed by atoms with van der Waals surface area (Å²) in [6.45, 7) is 7.37. The van der Waals surface area contributed by atoms with E-state index in [1.807, 2.05) is 0 Å². The largest absolute Gasteiger partial charge is 0.353 e. The van der Waals surface area contributed by atoms with Gasteiger partial charge in [0.05, 0.1) is 16.9 Å². The maximum Gasteiger partial charge on any atom is 0.347 e. The summed E-state index contributed by atoms with van der Waals surface area (Å²) in [4.78, 5) is 23.7. The summed E-state index contributed by atoms with van der Waals surface area (Å²) in [5, 5.41) is 7.09. The molecule has 2 aromatic heterocycles. The molecule has 36 heavy (non-hydrogen) atoms. The van der Waals surface area contributed by atoms with E-state index in [-0.39, 0.29) is 11.5 Å². The molecule has 0 aliphatic carbocycles. The third-order valence-electron chi connectivity index (χ3n) is 7.37. The van der Waals surface area contributed by atoms with Gasteiger partial charge in [-0.15, -0.1) is 0 Å². The molecule has 1 atom stereocenters. The van der Waals surface area contributed by atoms with Gasteiger partial charge >= 0.3 is 5.69 Å². The Morgan fingerprint density at radius 2 is 1.94 bits per heavy atom. The molecule has 2 aliphatic heterocycles. The van der Waals surface area contributed by atoms with Gasteiger partial charge in [-0.25, -0.2) is 23.8 Å². The average Bonchev–Trinajstić information content (AvgIpc) is 3.31. The Bertz CT molecular complexity index is 1260. The maximum atomic E-state index is 14.2. The molecular weight excluding hydrogens is 504 g/mol.